The van der Waals surface area contributed by atoms with Crippen molar-refractivity contribution in [2.24, 2.45) is 0 Å². The van der Waals surface area contributed by atoms with Crippen LogP contribution in [0.5, 0.6) is 0 Å². The number of halogens is 1. The van der Waals surface area contributed by atoms with Gasteiger partial charge in [-0.3, -0.25) is 19.3 Å². The lowest BCUT2D eigenvalue weighted by molar-refractivity contribution is 0.0651. The minimum absolute atomic E-state index is 0. The van der Waals surface area contributed by atoms with Crippen molar-refractivity contribution in [2.75, 3.05) is 26.7 Å². The fourth-order valence-corrected chi connectivity index (χ4v) is 3.50. The average molecular weight is 380 g/mol. The molecule has 1 aromatic carbocycles. The summed E-state index contributed by atoms with van der Waals surface area (Å²) in [6.45, 7) is 3.86. The summed E-state index contributed by atoms with van der Waals surface area (Å²) in [6, 6.07) is 5.33. The Morgan fingerprint density at radius 1 is 1.15 bits per heavy atom. The van der Waals surface area contributed by atoms with Gasteiger partial charge in [-0.15, -0.1) is 12.4 Å². The van der Waals surface area contributed by atoms with Crippen LogP contribution in [-0.2, 0) is 0 Å². The number of nitrogens with one attached hydrogen (secondary N) is 1. The minimum Gasteiger partial charge on any atom is -0.339 e. The molecule has 1 aromatic rings. The normalized spacial score (nSPS) is 17.3. The highest BCUT2D eigenvalue weighted by molar-refractivity contribution is 6.22. The third-order valence-corrected chi connectivity index (χ3v) is 5.14. The van der Waals surface area contributed by atoms with Crippen LogP contribution < -0.4 is 5.32 Å². The highest BCUT2D eigenvalue weighted by Gasteiger charge is 2.36. The molecule has 3 rings (SSSR count). The molecule has 0 atom stereocenters. The molecule has 0 radical (unpaired) electrons. The van der Waals surface area contributed by atoms with Crippen LogP contribution in [0.2, 0.25) is 0 Å². The number of hydrogen-bond acceptors (Lipinski definition) is 4. The molecule has 6 nitrogen and oxygen atoms in total. The van der Waals surface area contributed by atoms with Gasteiger partial charge in [0.05, 0.1) is 11.1 Å². The lowest BCUT2D eigenvalue weighted by Crippen LogP contribution is -2.44. The summed E-state index contributed by atoms with van der Waals surface area (Å²) in [4.78, 5) is 40.7. The summed E-state index contributed by atoms with van der Waals surface area (Å²) in [7, 11) is 1.94. The molecular weight excluding hydrogens is 354 g/mol. The lowest BCUT2D eigenvalue weighted by atomic mass is 10.0. The molecule has 0 unspecified atom stereocenters. The Labute approximate surface area is 160 Å². The van der Waals surface area contributed by atoms with Crippen molar-refractivity contribution in [3.8, 4) is 0 Å². The molecule has 0 bridgehead atoms. The van der Waals surface area contributed by atoms with E-state index in [1.165, 1.54) is 4.90 Å². The molecule has 0 aliphatic carbocycles. The van der Waals surface area contributed by atoms with Crippen LogP contribution in [0.15, 0.2) is 18.2 Å². The quantitative estimate of drug-likeness (QED) is 0.797. The number of fused-ring (bicyclic) bond motifs is 1. The summed E-state index contributed by atoms with van der Waals surface area (Å²) in [5, 5.41) is 3.24. The first-order chi connectivity index (χ1) is 12.1. The van der Waals surface area contributed by atoms with Gasteiger partial charge in [0.15, 0.2) is 0 Å². The zero-order chi connectivity index (χ0) is 18.0. The molecule has 2 heterocycles. The summed E-state index contributed by atoms with van der Waals surface area (Å²) in [5.41, 5.74) is 1.25. The minimum atomic E-state index is -0.281. The van der Waals surface area contributed by atoms with E-state index >= 15 is 0 Å². The Bertz CT molecular complexity index is 699. The molecule has 0 aromatic heterocycles. The number of likely N-dealkylation sites (tertiary alicyclic amines) is 1. The average Bonchev–Trinajstić information content (AvgIpc) is 2.89. The number of carbonyl (C=O) groups excluding carboxylic acids is 3. The lowest BCUT2D eigenvalue weighted by Gasteiger charge is -2.31. The molecule has 26 heavy (non-hydrogen) atoms. The number of unbranched alkanes of at least 4 members (excludes halogenated alkanes) is 1. The van der Waals surface area contributed by atoms with E-state index in [4.69, 9.17) is 0 Å². The molecular formula is C19H26ClN3O3. The maximum absolute atomic E-state index is 12.7. The van der Waals surface area contributed by atoms with Crippen molar-refractivity contribution in [1.29, 1.82) is 0 Å². The molecule has 1 fully saturated rings. The number of carbonyl (C=O) groups is 3. The Morgan fingerprint density at radius 2 is 1.81 bits per heavy atom. The van der Waals surface area contributed by atoms with Crippen LogP contribution in [0.4, 0.5) is 0 Å². The number of hydrogen-bond donors (Lipinski definition) is 1. The van der Waals surface area contributed by atoms with Crippen molar-refractivity contribution in [3.05, 3.63) is 34.9 Å². The van der Waals surface area contributed by atoms with E-state index < -0.39 is 0 Å². The predicted octanol–water partition coefficient (Wildman–Crippen LogP) is 2.33. The van der Waals surface area contributed by atoms with Gasteiger partial charge in [0.25, 0.3) is 17.7 Å². The van der Waals surface area contributed by atoms with Crippen molar-refractivity contribution >= 4 is 30.1 Å². The Balaban J connectivity index is 0.00000243. The number of imide groups is 1. The molecule has 2 aliphatic heterocycles. The van der Waals surface area contributed by atoms with Crippen LogP contribution in [0.3, 0.4) is 0 Å². The maximum Gasteiger partial charge on any atom is 0.261 e. The van der Waals surface area contributed by atoms with Crippen LogP contribution in [0.1, 0.15) is 63.7 Å². The monoisotopic (exact) mass is 379 g/mol. The summed E-state index contributed by atoms with van der Waals surface area (Å²) in [5.74, 6) is -0.594. The van der Waals surface area contributed by atoms with E-state index in [0.717, 1.165) is 25.7 Å². The van der Waals surface area contributed by atoms with Crippen molar-refractivity contribution in [1.82, 2.24) is 15.1 Å². The topological polar surface area (TPSA) is 69.7 Å². The first kappa shape index (κ1) is 20.4. The second-order valence-electron chi connectivity index (χ2n) is 6.73. The predicted molar refractivity (Wildman–Crippen MR) is 102 cm³/mol. The third-order valence-electron chi connectivity index (χ3n) is 5.14. The van der Waals surface area contributed by atoms with Crippen LogP contribution >= 0.6 is 12.4 Å². The summed E-state index contributed by atoms with van der Waals surface area (Å²) in [6.07, 6.45) is 3.56. The first-order valence-electron chi connectivity index (χ1n) is 9.03. The highest BCUT2D eigenvalue weighted by atomic mass is 35.5. The van der Waals surface area contributed by atoms with E-state index in [1.807, 2.05) is 18.9 Å². The molecule has 142 valence electrons. The highest BCUT2D eigenvalue weighted by Crippen LogP contribution is 2.25. The number of piperidine rings is 1. The van der Waals surface area contributed by atoms with E-state index in [0.29, 0.717) is 42.4 Å². The van der Waals surface area contributed by atoms with Gasteiger partial charge in [-0.2, -0.15) is 0 Å². The summed E-state index contributed by atoms with van der Waals surface area (Å²) >= 11 is 0. The van der Waals surface area contributed by atoms with Gasteiger partial charge < -0.3 is 10.2 Å². The third kappa shape index (κ3) is 3.76. The Hall–Kier alpha value is -1.92. The SMILES string of the molecule is CCCCN1C(=O)c2ccc(C(=O)N3CCC(NC)CC3)cc2C1=O.Cl. The van der Waals surface area contributed by atoms with Gasteiger partial charge in [-0.05, 0) is 44.5 Å². The zero-order valence-corrected chi connectivity index (χ0v) is 16.1. The number of rotatable bonds is 5. The van der Waals surface area contributed by atoms with Gasteiger partial charge in [0.2, 0.25) is 0 Å². The van der Waals surface area contributed by atoms with Gasteiger partial charge in [0, 0.05) is 31.2 Å². The molecule has 2 aliphatic rings. The Kier molecular flexibility index (Phi) is 6.78. The number of amides is 3. The molecule has 0 saturated carbocycles. The molecule has 1 N–H and O–H groups in total. The van der Waals surface area contributed by atoms with Crippen LogP contribution in [0, 0.1) is 0 Å². The molecule has 0 spiro atoms. The van der Waals surface area contributed by atoms with E-state index in [1.54, 1.807) is 18.2 Å². The number of nitrogens with zero attached hydrogens (tertiary/aromatic N) is 2. The van der Waals surface area contributed by atoms with E-state index in [-0.39, 0.29) is 30.1 Å². The second-order valence-corrected chi connectivity index (χ2v) is 6.73. The first-order valence-corrected chi connectivity index (χ1v) is 9.03. The maximum atomic E-state index is 12.7. The second kappa shape index (κ2) is 8.64. The van der Waals surface area contributed by atoms with Crippen LogP contribution in [0.25, 0.3) is 0 Å². The largest absolute Gasteiger partial charge is 0.339 e. The standard InChI is InChI=1S/C19H25N3O3.ClH/c1-3-4-9-22-18(24)15-6-5-13(12-16(15)19(22)25)17(23)21-10-7-14(20-2)8-11-21;/h5-6,12,14,20H,3-4,7-11H2,1-2H3;1H. The van der Waals surface area contributed by atoms with Crippen LogP contribution in [-0.4, -0.2) is 60.2 Å². The van der Waals surface area contributed by atoms with E-state index in [2.05, 4.69) is 5.32 Å². The molecule has 1 saturated heterocycles. The molecule has 7 heteroatoms. The van der Waals surface area contributed by atoms with Gasteiger partial charge in [-0.1, -0.05) is 13.3 Å². The van der Waals surface area contributed by atoms with Crippen molar-refractivity contribution in [2.45, 2.75) is 38.6 Å². The smallest absolute Gasteiger partial charge is 0.261 e. The molecule has 3 amide bonds. The summed E-state index contributed by atoms with van der Waals surface area (Å²) < 4.78 is 0. The zero-order valence-electron chi connectivity index (χ0n) is 15.3. The fraction of sp³-hybridized carbons (Fsp3) is 0.526. The fourth-order valence-electron chi connectivity index (χ4n) is 3.50. The van der Waals surface area contributed by atoms with Gasteiger partial charge in [0.1, 0.15) is 0 Å². The number of benzene rings is 1. The van der Waals surface area contributed by atoms with E-state index in [9.17, 15) is 14.4 Å². The van der Waals surface area contributed by atoms with Gasteiger partial charge >= 0.3 is 0 Å². The van der Waals surface area contributed by atoms with Gasteiger partial charge in [-0.25, -0.2) is 0 Å². The van der Waals surface area contributed by atoms with Crippen molar-refractivity contribution in [3.63, 3.8) is 0 Å². The van der Waals surface area contributed by atoms with Crippen molar-refractivity contribution < 1.29 is 14.4 Å². The Morgan fingerprint density at radius 3 is 2.42 bits per heavy atom.